The first kappa shape index (κ1) is 12.3. The minimum Gasteiger partial charge on any atom is -0.497 e. The number of aromatic carboxylic acids is 1. The molecule has 0 heterocycles. The Labute approximate surface area is 97.0 Å². The highest BCUT2D eigenvalue weighted by atomic mass is 35.5. The molecule has 0 saturated heterocycles. The summed E-state index contributed by atoms with van der Waals surface area (Å²) >= 11 is 5.83. The zero-order valence-corrected chi connectivity index (χ0v) is 9.46. The Morgan fingerprint density at radius 2 is 2.06 bits per heavy atom. The number of carbonyl (C=O) groups is 2. The molecule has 0 saturated carbocycles. The predicted molar refractivity (Wildman–Crippen MR) is 59.3 cm³/mol. The van der Waals surface area contributed by atoms with Crippen LogP contribution in [0.1, 0.15) is 17.3 Å². The van der Waals surface area contributed by atoms with Gasteiger partial charge >= 0.3 is 5.97 Å². The lowest BCUT2D eigenvalue weighted by atomic mass is 10.2. The Morgan fingerprint density at radius 1 is 1.44 bits per heavy atom. The first-order chi connectivity index (χ1) is 7.45. The fourth-order valence-electron chi connectivity index (χ4n) is 1.15. The van der Waals surface area contributed by atoms with Crippen LogP contribution in [0.15, 0.2) is 12.1 Å². The molecular weight excluding hydrogens is 234 g/mol. The number of amides is 1. The highest BCUT2D eigenvalue weighted by Crippen LogP contribution is 2.31. The van der Waals surface area contributed by atoms with Gasteiger partial charge in [-0.15, -0.1) is 0 Å². The van der Waals surface area contributed by atoms with Crippen molar-refractivity contribution in [3.05, 3.63) is 22.7 Å². The van der Waals surface area contributed by atoms with Crippen LogP contribution >= 0.6 is 11.6 Å². The molecule has 5 nitrogen and oxygen atoms in total. The third-order valence-corrected chi connectivity index (χ3v) is 2.23. The minimum absolute atomic E-state index is 0.0245. The number of carboxylic acids is 1. The Kier molecular flexibility index (Phi) is 3.73. The maximum Gasteiger partial charge on any atom is 0.337 e. The van der Waals surface area contributed by atoms with E-state index in [1.165, 1.54) is 26.2 Å². The topological polar surface area (TPSA) is 75.6 Å². The number of ether oxygens (including phenoxy) is 1. The number of nitrogens with one attached hydrogen (secondary N) is 1. The molecule has 1 aromatic rings. The molecular formula is C10H10ClNO4. The van der Waals surface area contributed by atoms with Crippen LogP contribution < -0.4 is 10.1 Å². The highest BCUT2D eigenvalue weighted by Gasteiger charge is 2.15. The van der Waals surface area contributed by atoms with E-state index in [9.17, 15) is 9.59 Å². The summed E-state index contributed by atoms with van der Waals surface area (Å²) in [4.78, 5) is 21.8. The van der Waals surface area contributed by atoms with Crippen molar-refractivity contribution in [1.29, 1.82) is 0 Å². The summed E-state index contributed by atoms with van der Waals surface area (Å²) in [5, 5.41) is 11.3. The summed E-state index contributed by atoms with van der Waals surface area (Å²) in [7, 11) is 1.40. The number of hydrogen-bond acceptors (Lipinski definition) is 3. The Bertz CT molecular complexity index is 445. The van der Waals surface area contributed by atoms with Crippen molar-refractivity contribution in [3.63, 3.8) is 0 Å². The molecule has 86 valence electrons. The van der Waals surface area contributed by atoms with Crippen LogP contribution in [-0.2, 0) is 4.79 Å². The average molecular weight is 244 g/mol. The van der Waals surface area contributed by atoms with Gasteiger partial charge in [-0.3, -0.25) is 4.79 Å². The number of hydrogen-bond donors (Lipinski definition) is 2. The first-order valence-electron chi connectivity index (χ1n) is 4.34. The Hall–Kier alpha value is -1.75. The second-order valence-electron chi connectivity index (χ2n) is 3.02. The maximum atomic E-state index is 10.9. The standard InChI is InChI=1S/C10H10ClNO4/c1-5(13)12-8-4-6(16-2)3-7(9(8)11)10(14)15/h3-4H,1-2H3,(H,12,13)(H,14,15). The average Bonchev–Trinajstić information content (AvgIpc) is 2.19. The van der Waals surface area contributed by atoms with Gasteiger partial charge in [-0.2, -0.15) is 0 Å². The predicted octanol–water partition coefficient (Wildman–Crippen LogP) is 2.01. The van der Waals surface area contributed by atoms with Crippen LogP contribution in [0, 0.1) is 0 Å². The largest absolute Gasteiger partial charge is 0.497 e. The quantitative estimate of drug-likeness (QED) is 0.851. The number of rotatable bonds is 3. The van der Waals surface area contributed by atoms with Gasteiger partial charge in [0.15, 0.2) is 0 Å². The van der Waals surface area contributed by atoms with Gasteiger partial charge in [0.25, 0.3) is 0 Å². The second-order valence-corrected chi connectivity index (χ2v) is 3.40. The van der Waals surface area contributed by atoms with E-state index in [-0.39, 0.29) is 22.2 Å². The Morgan fingerprint density at radius 3 is 2.50 bits per heavy atom. The third kappa shape index (κ3) is 2.64. The molecule has 6 heteroatoms. The second kappa shape index (κ2) is 4.85. The summed E-state index contributed by atoms with van der Waals surface area (Å²) in [5.41, 5.74) is 0.0932. The molecule has 2 N–H and O–H groups in total. The van der Waals surface area contributed by atoms with Gasteiger partial charge in [-0.05, 0) is 6.07 Å². The molecule has 0 atom stereocenters. The van der Waals surface area contributed by atoms with E-state index in [0.29, 0.717) is 5.75 Å². The number of carboxylic acid groups (broad SMARTS) is 1. The molecule has 1 amide bonds. The summed E-state index contributed by atoms with van der Waals surface area (Å²) in [6.07, 6.45) is 0. The van der Waals surface area contributed by atoms with Crippen LogP contribution in [-0.4, -0.2) is 24.1 Å². The van der Waals surface area contributed by atoms with Gasteiger partial charge in [-0.25, -0.2) is 4.79 Å². The summed E-state index contributed by atoms with van der Waals surface area (Å²) in [6, 6.07) is 2.74. The van der Waals surface area contributed by atoms with Gasteiger partial charge in [-0.1, -0.05) is 11.6 Å². The van der Waals surface area contributed by atoms with Crippen LogP contribution in [0.4, 0.5) is 5.69 Å². The van der Waals surface area contributed by atoms with Gasteiger partial charge in [0, 0.05) is 13.0 Å². The fourth-order valence-corrected chi connectivity index (χ4v) is 1.39. The van der Waals surface area contributed by atoms with Crippen LogP contribution in [0.3, 0.4) is 0 Å². The van der Waals surface area contributed by atoms with E-state index in [1.807, 2.05) is 0 Å². The number of carbonyl (C=O) groups excluding carboxylic acids is 1. The van der Waals surface area contributed by atoms with Crippen molar-refractivity contribution in [2.75, 3.05) is 12.4 Å². The van der Waals surface area contributed by atoms with E-state index >= 15 is 0 Å². The molecule has 0 aromatic heterocycles. The monoisotopic (exact) mass is 243 g/mol. The van der Waals surface area contributed by atoms with Gasteiger partial charge in [0.05, 0.1) is 23.4 Å². The summed E-state index contributed by atoms with van der Waals surface area (Å²) in [5.74, 6) is -1.22. The van der Waals surface area contributed by atoms with E-state index in [0.717, 1.165) is 0 Å². The van der Waals surface area contributed by atoms with Gasteiger partial charge in [0.2, 0.25) is 5.91 Å². The number of halogens is 1. The zero-order valence-electron chi connectivity index (χ0n) is 8.70. The van der Waals surface area contributed by atoms with Crippen molar-refractivity contribution >= 4 is 29.2 Å². The maximum absolute atomic E-state index is 10.9. The number of benzene rings is 1. The lowest BCUT2D eigenvalue weighted by Crippen LogP contribution is -2.09. The molecule has 0 aliphatic heterocycles. The number of anilines is 1. The van der Waals surface area contributed by atoms with Crippen molar-refractivity contribution < 1.29 is 19.4 Å². The normalized spacial score (nSPS) is 9.69. The molecule has 0 bridgehead atoms. The smallest absolute Gasteiger partial charge is 0.337 e. The lowest BCUT2D eigenvalue weighted by Gasteiger charge is -2.10. The van der Waals surface area contributed by atoms with E-state index in [1.54, 1.807) is 0 Å². The summed E-state index contributed by atoms with van der Waals surface area (Å²) < 4.78 is 4.91. The van der Waals surface area contributed by atoms with Crippen molar-refractivity contribution in [3.8, 4) is 5.75 Å². The van der Waals surface area contributed by atoms with Crippen molar-refractivity contribution in [2.45, 2.75) is 6.92 Å². The molecule has 0 aliphatic carbocycles. The molecule has 16 heavy (non-hydrogen) atoms. The SMILES string of the molecule is COc1cc(NC(C)=O)c(Cl)c(C(=O)O)c1. The van der Waals surface area contributed by atoms with Crippen molar-refractivity contribution in [2.24, 2.45) is 0 Å². The van der Waals surface area contributed by atoms with Crippen molar-refractivity contribution in [1.82, 2.24) is 0 Å². The molecule has 0 radical (unpaired) electrons. The van der Waals surface area contributed by atoms with Crippen LogP contribution in [0.25, 0.3) is 0 Å². The molecule has 1 rings (SSSR count). The van der Waals surface area contributed by atoms with E-state index in [4.69, 9.17) is 21.4 Å². The molecule has 0 aliphatic rings. The first-order valence-corrected chi connectivity index (χ1v) is 4.72. The highest BCUT2D eigenvalue weighted by molar-refractivity contribution is 6.36. The van der Waals surface area contributed by atoms with E-state index < -0.39 is 5.97 Å². The zero-order chi connectivity index (χ0) is 12.3. The Balaban J connectivity index is 3.31. The van der Waals surface area contributed by atoms with Crippen LogP contribution in [0.2, 0.25) is 5.02 Å². The molecule has 1 aromatic carbocycles. The van der Waals surface area contributed by atoms with Crippen LogP contribution in [0.5, 0.6) is 5.75 Å². The summed E-state index contributed by atoms with van der Waals surface area (Å²) in [6.45, 7) is 1.30. The fraction of sp³-hybridized carbons (Fsp3) is 0.200. The third-order valence-electron chi connectivity index (χ3n) is 1.82. The molecule has 0 unspecified atom stereocenters. The lowest BCUT2D eigenvalue weighted by molar-refractivity contribution is -0.114. The molecule has 0 spiro atoms. The minimum atomic E-state index is -1.18. The number of methoxy groups -OCH3 is 1. The van der Waals surface area contributed by atoms with Gasteiger partial charge < -0.3 is 15.2 Å². The molecule has 0 fully saturated rings. The van der Waals surface area contributed by atoms with E-state index in [2.05, 4.69) is 5.32 Å². The van der Waals surface area contributed by atoms with Gasteiger partial charge in [0.1, 0.15) is 5.75 Å².